The quantitative estimate of drug-likeness (QED) is 0.181. The van der Waals surface area contributed by atoms with E-state index in [2.05, 4.69) is 10.8 Å². The summed E-state index contributed by atoms with van der Waals surface area (Å²) < 4.78 is 34.8. The third-order valence-corrected chi connectivity index (χ3v) is 14.7. The zero-order chi connectivity index (χ0) is 39.1. The van der Waals surface area contributed by atoms with E-state index in [0.29, 0.717) is 37.9 Å². The highest BCUT2D eigenvalue weighted by Gasteiger charge is 2.62. The summed E-state index contributed by atoms with van der Waals surface area (Å²) >= 11 is 0. The molecule has 3 aromatic carbocycles. The second kappa shape index (κ2) is 15.3. The van der Waals surface area contributed by atoms with Crippen LogP contribution in [0.25, 0.3) is 22.2 Å². The van der Waals surface area contributed by atoms with Crippen LogP contribution in [0.3, 0.4) is 0 Å². The Labute approximate surface area is 330 Å². The number of carbonyl (C=O) groups excluding carboxylic acids is 3. The van der Waals surface area contributed by atoms with Crippen LogP contribution in [0.1, 0.15) is 82.3 Å². The number of allylic oxidation sites excluding steroid dienone is 2. The first-order valence-corrected chi connectivity index (χ1v) is 21.7. The van der Waals surface area contributed by atoms with Gasteiger partial charge in [0.15, 0.2) is 5.78 Å². The van der Waals surface area contributed by atoms with Crippen LogP contribution in [0.4, 0.5) is 0 Å². The van der Waals surface area contributed by atoms with Gasteiger partial charge in [0, 0.05) is 35.8 Å². The number of hydrogen-bond donors (Lipinski definition) is 1. The summed E-state index contributed by atoms with van der Waals surface area (Å²) in [4.78, 5) is 50.3. The molecule has 2 aliphatic carbocycles. The van der Waals surface area contributed by atoms with Crippen molar-refractivity contribution in [2.24, 2.45) is 17.3 Å². The SMILES string of the molecule is Cc1ccc2c(O[C@@H]3C[C@H]4C(=O)C[C@]5(C(=O)NS(=O)(=O)C6(C)CC6)C[C@@H]5/C=C\CCCCC[C@H](Cc5ccccc5)C(=O)N4C3)cc(-c3ccccc3)nc2c1. The summed E-state index contributed by atoms with van der Waals surface area (Å²) in [7, 11) is -3.91. The van der Waals surface area contributed by atoms with Crippen LogP contribution in [0.5, 0.6) is 5.75 Å². The Balaban J connectivity index is 1.13. The molecule has 4 aromatic rings. The maximum atomic E-state index is 14.8. The van der Waals surface area contributed by atoms with Gasteiger partial charge in [0.2, 0.25) is 21.8 Å². The van der Waals surface area contributed by atoms with Crippen LogP contribution in [-0.2, 0) is 30.8 Å². The summed E-state index contributed by atoms with van der Waals surface area (Å²) in [6.45, 7) is 3.89. The van der Waals surface area contributed by atoms with Crippen molar-refractivity contribution >= 4 is 38.5 Å². The molecule has 3 fully saturated rings. The van der Waals surface area contributed by atoms with E-state index in [1.165, 1.54) is 0 Å². The molecule has 2 aliphatic heterocycles. The van der Waals surface area contributed by atoms with E-state index in [1.54, 1.807) is 11.8 Å². The summed E-state index contributed by atoms with van der Waals surface area (Å²) in [5, 5.41) is 0.841. The third kappa shape index (κ3) is 7.77. The van der Waals surface area contributed by atoms with E-state index in [0.717, 1.165) is 59.0 Å². The number of nitrogens with zero attached hydrogens (tertiary/aromatic N) is 2. The molecule has 5 atom stereocenters. The monoisotopic (exact) mass is 773 g/mol. The lowest BCUT2D eigenvalue weighted by Crippen LogP contribution is -2.47. The number of ether oxygens (including phenoxy) is 1. The van der Waals surface area contributed by atoms with Gasteiger partial charge < -0.3 is 9.64 Å². The lowest BCUT2D eigenvalue weighted by molar-refractivity contribution is -0.142. The number of aromatic nitrogens is 1. The number of nitrogens with one attached hydrogen (secondary N) is 1. The van der Waals surface area contributed by atoms with Gasteiger partial charge in [-0.15, -0.1) is 0 Å². The number of carbonyl (C=O) groups is 3. The molecule has 2 saturated carbocycles. The van der Waals surface area contributed by atoms with Crippen molar-refractivity contribution in [3.8, 4) is 17.0 Å². The molecule has 9 nitrogen and oxygen atoms in total. The first-order chi connectivity index (χ1) is 26.9. The highest BCUT2D eigenvalue weighted by molar-refractivity contribution is 7.91. The standard InChI is InChI=1S/C46H51N3O6S/c1-31-20-21-37-39(24-31)47-38(33-16-11-7-12-17-33)27-42(37)55-36-26-40-41(50)29-46(44(52)48-56(53,54)45(2)22-23-45)28-35(46)19-13-5-3-4-10-18-34(43(51)49(40)30-36)25-32-14-8-6-9-15-32/h6-9,11-17,19-21,24,27,34-36,40H,3-5,10,18,22-23,25-26,28-30H2,1-2H3,(H,48,52)/b19-13-/t34-,35+,36-,40+,46-/m1/s1. The van der Waals surface area contributed by atoms with E-state index >= 15 is 0 Å². The van der Waals surface area contributed by atoms with Gasteiger partial charge in [-0.3, -0.25) is 19.1 Å². The number of rotatable bonds is 8. The number of aryl methyl sites for hydroxylation is 1. The van der Waals surface area contributed by atoms with E-state index in [1.807, 2.05) is 97.9 Å². The van der Waals surface area contributed by atoms with Gasteiger partial charge in [-0.25, -0.2) is 13.4 Å². The number of hydrogen-bond acceptors (Lipinski definition) is 7. The molecule has 10 heteroatoms. The first-order valence-electron chi connectivity index (χ1n) is 20.2. The van der Waals surface area contributed by atoms with Gasteiger partial charge in [0.25, 0.3) is 0 Å². The summed E-state index contributed by atoms with van der Waals surface area (Å²) in [5.74, 6) is -0.900. The fourth-order valence-electron chi connectivity index (χ4n) is 8.66. The molecule has 1 N–H and O–H groups in total. The van der Waals surface area contributed by atoms with Crippen molar-refractivity contribution in [1.82, 2.24) is 14.6 Å². The molecule has 2 amide bonds. The minimum absolute atomic E-state index is 0.0819. The normalized spacial score (nSPS) is 27.0. The van der Waals surface area contributed by atoms with Gasteiger partial charge in [-0.2, -0.15) is 0 Å². The van der Waals surface area contributed by atoms with Crippen LogP contribution in [0, 0.1) is 24.2 Å². The predicted octanol–water partition coefficient (Wildman–Crippen LogP) is 7.90. The van der Waals surface area contributed by atoms with Crippen LogP contribution in [0.2, 0.25) is 0 Å². The van der Waals surface area contributed by atoms with Crippen LogP contribution < -0.4 is 9.46 Å². The Hall–Kier alpha value is -4.83. The molecule has 0 radical (unpaired) electrons. The van der Waals surface area contributed by atoms with Gasteiger partial charge in [0.05, 0.1) is 34.0 Å². The Morgan fingerprint density at radius 1 is 0.964 bits per heavy atom. The number of fused-ring (bicyclic) bond motifs is 3. The number of benzene rings is 3. The van der Waals surface area contributed by atoms with Crippen molar-refractivity contribution < 1.29 is 27.5 Å². The molecule has 1 saturated heterocycles. The maximum absolute atomic E-state index is 14.8. The molecular weight excluding hydrogens is 723 g/mol. The van der Waals surface area contributed by atoms with Crippen LogP contribution in [0.15, 0.2) is 97.1 Å². The minimum atomic E-state index is -3.91. The highest BCUT2D eigenvalue weighted by atomic mass is 32.2. The number of Topliss-reactive ketones (excluding diaryl/α,β-unsaturated/α-hetero) is 1. The van der Waals surface area contributed by atoms with Crippen molar-refractivity contribution in [1.29, 1.82) is 0 Å². The molecule has 56 heavy (non-hydrogen) atoms. The van der Waals surface area contributed by atoms with Gasteiger partial charge in [0.1, 0.15) is 11.9 Å². The molecule has 3 heterocycles. The number of sulfonamides is 1. The Morgan fingerprint density at radius 2 is 1.71 bits per heavy atom. The lowest BCUT2D eigenvalue weighted by atomic mass is 9.90. The van der Waals surface area contributed by atoms with Gasteiger partial charge >= 0.3 is 0 Å². The maximum Gasteiger partial charge on any atom is 0.240 e. The molecule has 1 aromatic heterocycles. The van der Waals surface area contributed by atoms with E-state index < -0.39 is 38.2 Å². The summed E-state index contributed by atoms with van der Waals surface area (Å²) in [6.07, 6.45) is 9.88. The zero-order valence-electron chi connectivity index (χ0n) is 32.3. The van der Waals surface area contributed by atoms with Crippen LogP contribution >= 0.6 is 0 Å². The smallest absolute Gasteiger partial charge is 0.240 e. The highest BCUT2D eigenvalue weighted by Crippen LogP contribution is 2.57. The second-order valence-corrected chi connectivity index (χ2v) is 19.0. The van der Waals surface area contributed by atoms with Crippen molar-refractivity contribution in [2.45, 2.75) is 101 Å². The first kappa shape index (κ1) is 38.1. The fraction of sp³-hybridized carbons (Fsp3) is 0.435. The van der Waals surface area contributed by atoms with Gasteiger partial charge in [-0.05, 0) is 88.0 Å². The van der Waals surface area contributed by atoms with E-state index in [9.17, 15) is 22.8 Å². The summed E-state index contributed by atoms with van der Waals surface area (Å²) in [6, 6.07) is 27.1. The van der Waals surface area contributed by atoms with Gasteiger partial charge in [-0.1, -0.05) is 91.7 Å². The topological polar surface area (TPSA) is 123 Å². The van der Waals surface area contributed by atoms with E-state index in [-0.39, 0.29) is 42.9 Å². The van der Waals surface area contributed by atoms with Crippen LogP contribution in [-0.4, -0.2) is 59.3 Å². The third-order valence-electron chi connectivity index (χ3n) is 12.6. The lowest BCUT2D eigenvalue weighted by Gasteiger charge is -2.29. The molecule has 0 bridgehead atoms. The Morgan fingerprint density at radius 3 is 2.46 bits per heavy atom. The Bertz CT molecular complexity index is 2270. The Kier molecular flexibility index (Phi) is 10.4. The molecular formula is C46H51N3O6S. The number of ketones is 1. The number of pyridine rings is 1. The molecule has 4 aliphatic rings. The van der Waals surface area contributed by atoms with Crippen molar-refractivity contribution in [3.63, 3.8) is 0 Å². The summed E-state index contributed by atoms with van der Waals surface area (Å²) in [5.41, 5.74) is 3.45. The number of amides is 2. The van der Waals surface area contributed by atoms with E-state index in [4.69, 9.17) is 9.72 Å². The second-order valence-electron chi connectivity index (χ2n) is 16.8. The molecule has 8 rings (SSSR count). The largest absolute Gasteiger partial charge is 0.488 e. The molecule has 0 spiro atoms. The molecule has 292 valence electrons. The average molecular weight is 774 g/mol. The average Bonchev–Trinajstić information content (AvgIpc) is 4.07. The minimum Gasteiger partial charge on any atom is -0.488 e. The van der Waals surface area contributed by atoms with Crippen molar-refractivity contribution in [2.75, 3.05) is 6.54 Å². The zero-order valence-corrected chi connectivity index (χ0v) is 33.1. The fourth-order valence-corrected chi connectivity index (χ4v) is 9.99. The van der Waals surface area contributed by atoms with Crippen molar-refractivity contribution in [3.05, 3.63) is 108 Å². The molecule has 0 unspecified atom stereocenters. The predicted molar refractivity (Wildman–Crippen MR) is 217 cm³/mol.